The van der Waals surface area contributed by atoms with Gasteiger partial charge in [0.1, 0.15) is 12.6 Å². The van der Waals surface area contributed by atoms with Gasteiger partial charge in [-0.3, -0.25) is 4.79 Å². The number of nitrogens with zero attached hydrogens (tertiary/aromatic N) is 1. The molecule has 0 bridgehead atoms. The zero-order valence-corrected chi connectivity index (χ0v) is 19.2. The number of carbonyl (C=O) groups excluding carboxylic acids is 1. The smallest absolute Gasteiger partial charge is 0.351 e. The number of hydrogen-bond acceptors (Lipinski definition) is 5. The summed E-state index contributed by atoms with van der Waals surface area (Å²) in [4.78, 5) is 12.4. The average Bonchev–Trinajstić information content (AvgIpc) is 2.73. The van der Waals surface area contributed by atoms with Crippen LogP contribution in [0.5, 0.6) is 0 Å². The molecule has 2 rings (SSSR count). The largest absolute Gasteiger partial charge is 0.418 e. The van der Waals surface area contributed by atoms with Crippen molar-refractivity contribution in [1.29, 1.82) is 5.26 Å². The molecule has 2 unspecified atom stereocenters. The Bertz CT molecular complexity index is 1090. The van der Waals surface area contributed by atoms with Gasteiger partial charge in [-0.15, -0.1) is 0 Å². The minimum atomic E-state index is -4.77. The van der Waals surface area contributed by atoms with Crippen LogP contribution in [0.4, 0.5) is 13.2 Å². The van der Waals surface area contributed by atoms with Crippen LogP contribution in [-0.2, 0) is 19.4 Å². The number of rotatable bonds is 9. The van der Waals surface area contributed by atoms with Crippen LogP contribution < -0.4 is 5.32 Å². The zero-order valence-electron chi connectivity index (χ0n) is 18.4. The third kappa shape index (κ3) is 7.58. The molecule has 2 aromatic carbocycles. The number of sulfone groups is 1. The number of hydrogen-bond donors (Lipinski definition) is 1. The van der Waals surface area contributed by atoms with Crippen LogP contribution in [0.3, 0.4) is 0 Å². The summed E-state index contributed by atoms with van der Waals surface area (Å²) in [6, 6.07) is 13.2. The zero-order chi connectivity index (χ0) is 24.8. The molecule has 0 saturated heterocycles. The molecular formula is C23H25F3N2O4S. The molecule has 2 aromatic rings. The number of carbonyl (C=O) groups is 1. The summed E-state index contributed by atoms with van der Waals surface area (Å²) >= 11 is 0. The highest BCUT2D eigenvalue weighted by molar-refractivity contribution is 7.90. The van der Waals surface area contributed by atoms with Crippen LogP contribution in [0.25, 0.3) is 11.1 Å². The SMILES string of the molecule is CC(C)CC(OC(c1ccc(-c2ccc(S(C)(=O)=O)cc2)cc1)C(F)(F)F)C(=O)NCC#N. The average molecular weight is 483 g/mol. The van der Waals surface area contributed by atoms with Crippen molar-refractivity contribution in [2.75, 3.05) is 12.8 Å². The normalized spacial score (nSPS) is 13.9. The predicted molar refractivity (Wildman–Crippen MR) is 117 cm³/mol. The molecule has 0 fully saturated rings. The highest BCUT2D eigenvalue weighted by atomic mass is 32.2. The van der Waals surface area contributed by atoms with Gasteiger partial charge in [0.2, 0.25) is 5.91 Å². The highest BCUT2D eigenvalue weighted by Gasteiger charge is 2.44. The molecule has 0 aliphatic carbocycles. The third-order valence-electron chi connectivity index (χ3n) is 4.75. The molecule has 0 heterocycles. The van der Waals surface area contributed by atoms with E-state index in [1.54, 1.807) is 32.0 Å². The van der Waals surface area contributed by atoms with E-state index in [9.17, 15) is 26.4 Å². The van der Waals surface area contributed by atoms with E-state index < -0.39 is 34.1 Å². The third-order valence-corrected chi connectivity index (χ3v) is 5.87. The molecular weight excluding hydrogens is 457 g/mol. The Morgan fingerprint density at radius 1 is 1.06 bits per heavy atom. The lowest BCUT2D eigenvalue weighted by atomic mass is 10.0. The van der Waals surface area contributed by atoms with Crippen LogP contribution in [-0.4, -0.2) is 39.4 Å². The van der Waals surface area contributed by atoms with Crippen molar-refractivity contribution in [2.45, 2.75) is 43.5 Å². The molecule has 2 atom stereocenters. The van der Waals surface area contributed by atoms with E-state index in [1.807, 2.05) is 0 Å². The van der Waals surface area contributed by atoms with Crippen molar-refractivity contribution in [2.24, 2.45) is 5.92 Å². The lowest BCUT2D eigenvalue weighted by molar-refractivity contribution is -0.236. The summed E-state index contributed by atoms with van der Waals surface area (Å²) in [5, 5.41) is 10.9. The van der Waals surface area contributed by atoms with Gasteiger partial charge in [0.25, 0.3) is 0 Å². The number of benzene rings is 2. The number of amides is 1. The van der Waals surface area contributed by atoms with Gasteiger partial charge in [-0.2, -0.15) is 18.4 Å². The van der Waals surface area contributed by atoms with Crippen molar-refractivity contribution in [3.63, 3.8) is 0 Å². The van der Waals surface area contributed by atoms with Gasteiger partial charge in [0, 0.05) is 6.26 Å². The number of alkyl halides is 3. The molecule has 0 spiro atoms. The minimum Gasteiger partial charge on any atom is -0.351 e. The Balaban J connectivity index is 2.31. The molecule has 0 aromatic heterocycles. The summed E-state index contributed by atoms with van der Waals surface area (Å²) in [6.45, 7) is 3.17. The van der Waals surface area contributed by atoms with Crippen molar-refractivity contribution in [1.82, 2.24) is 5.32 Å². The predicted octanol–water partition coefficient (Wildman–Crippen LogP) is 4.43. The quantitative estimate of drug-likeness (QED) is 0.534. The molecule has 0 aliphatic heterocycles. The van der Waals surface area contributed by atoms with Gasteiger partial charge in [-0.05, 0) is 41.2 Å². The lowest BCUT2D eigenvalue weighted by Gasteiger charge is -2.27. The minimum absolute atomic E-state index is 0.0502. The molecule has 10 heteroatoms. The Labute approximate surface area is 191 Å². The number of nitriles is 1. The number of halogens is 3. The Hall–Kier alpha value is -2.90. The molecule has 1 N–H and O–H groups in total. The molecule has 6 nitrogen and oxygen atoms in total. The first kappa shape index (κ1) is 26.4. The Kier molecular flexibility index (Phi) is 8.63. The van der Waals surface area contributed by atoms with Gasteiger partial charge in [-0.25, -0.2) is 8.42 Å². The van der Waals surface area contributed by atoms with E-state index >= 15 is 0 Å². The van der Waals surface area contributed by atoms with Gasteiger partial charge in [0.05, 0.1) is 11.0 Å². The fourth-order valence-corrected chi connectivity index (χ4v) is 3.78. The summed E-state index contributed by atoms with van der Waals surface area (Å²) in [7, 11) is -3.36. The van der Waals surface area contributed by atoms with E-state index in [0.29, 0.717) is 11.1 Å². The molecule has 178 valence electrons. The monoisotopic (exact) mass is 482 g/mol. The Morgan fingerprint density at radius 3 is 2.00 bits per heavy atom. The van der Waals surface area contributed by atoms with E-state index in [0.717, 1.165) is 6.26 Å². The number of nitrogens with one attached hydrogen (secondary N) is 1. The van der Waals surface area contributed by atoms with Gasteiger partial charge < -0.3 is 10.1 Å². The van der Waals surface area contributed by atoms with Gasteiger partial charge in [-0.1, -0.05) is 50.2 Å². The molecule has 33 heavy (non-hydrogen) atoms. The second-order valence-corrected chi connectivity index (χ2v) is 9.99. The van der Waals surface area contributed by atoms with Crippen LogP contribution in [0.15, 0.2) is 53.4 Å². The number of ether oxygens (including phenoxy) is 1. The highest BCUT2D eigenvalue weighted by Crippen LogP contribution is 2.38. The molecule has 0 saturated carbocycles. The summed E-state index contributed by atoms with van der Waals surface area (Å²) in [5.74, 6) is -0.893. The van der Waals surface area contributed by atoms with Gasteiger partial charge in [0.15, 0.2) is 15.9 Å². The van der Waals surface area contributed by atoms with E-state index in [2.05, 4.69) is 5.32 Å². The van der Waals surface area contributed by atoms with Crippen LogP contribution >= 0.6 is 0 Å². The maximum Gasteiger partial charge on any atom is 0.418 e. The van der Waals surface area contributed by atoms with E-state index in [1.165, 1.54) is 36.4 Å². The second-order valence-electron chi connectivity index (χ2n) is 7.97. The maximum absolute atomic E-state index is 13.8. The van der Waals surface area contributed by atoms with E-state index in [-0.39, 0.29) is 29.3 Å². The van der Waals surface area contributed by atoms with Crippen molar-refractivity contribution >= 4 is 15.7 Å². The second kappa shape index (κ2) is 10.8. The van der Waals surface area contributed by atoms with Crippen LogP contribution in [0.2, 0.25) is 0 Å². The van der Waals surface area contributed by atoms with Crippen molar-refractivity contribution in [3.05, 3.63) is 54.1 Å². The topological polar surface area (TPSA) is 96.3 Å². The first-order chi connectivity index (χ1) is 15.3. The lowest BCUT2D eigenvalue weighted by Crippen LogP contribution is -2.40. The van der Waals surface area contributed by atoms with Gasteiger partial charge >= 0.3 is 6.18 Å². The van der Waals surface area contributed by atoms with Crippen LogP contribution in [0.1, 0.15) is 31.9 Å². The molecule has 0 radical (unpaired) electrons. The Morgan fingerprint density at radius 2 is 1.58 bits per heavy atom. The van der Waals surface area contributed by atoms with Crippen LogP contribution in [0, 0.1) is 17.2 Å². The van der Waals surface area contributed by atoms with Crippen molar-refractivity contribution < 1.29 is 31.1 Å². The molecule has 0 aliphatic rings. The summed E-state index contributed by atoms with van der Waals surface area (Å²) in [5.41, 5.74) is 1.04. The fourth-order valence-electron chi connectivity index (χ4n) is 3.15. The summed E-state index contributed by atoms with van der Waals surface area (Å²) < 4.78 is 69.9. The molecule has 1 amide bonds. The summed E-state index contributed by atoms with van der Waals surface area (Å²) in [6.07, 6.45) is -7.36. The first-order valence-electron chi connectivity index (χ1n) is 10.1. The van der Waals surface area contributed by atoms with Crippen molar-refractivity contribution in [3.8, 4) is 17.2 Å². The van der Waals surface area contributed by atoms with E-state index in [4.69, 9.17) is 10.00 Å². The fraction of sp³-hybridized carbons (Fsp3) is 0.391. The first-order valence-corrected chi connectivity index (χ1v) is 12.0. The maximum atomic E-state index is 13.8. The standard InChI is InChI=1S/C23H25F3N2O4S/c1-15(2)14-20(22(29)28-13-12-27)32-21(23(24,25)26)18-6-4-16(5-7-18)17-8-10-19(11-9-17)33(3,30)31/h4-11,15,20-21H,13-14H2,1-3H3,(H,28,29).